The molecule has 0 saturated carbocycles. The van der Waals surface area contributed by atoms with Crippen LogP contribution < -0.4 is 33.7 Å². The number of hydrogen-bond donors (Lipinski definition) is 1. The summed E-state index contributed by atoms with van der Waals surface area (Å²) in [6.07, 6.45) is 0. The molecule has 0 bridgehead atoms. The van der Waals surface area contributed by atoms with Gasteiger partial charge in [-0.25, -0.2) is 0 Å². The summed E-state index contributed by atoms with van der Waals surface area (Å²) in [5, 5.41) is 14.9. The molecule has 5 nitrogen and oxygen atoms in total. The van der Waals surface area contributed by atoms with E-state index in [1.54, 1.807) is 12.1 Å². The maximum Gasteiger partial charge on any atom is 1.00 e. The van der Waals surface area contributed by atoms with Gasteiger partial charge in [-0.3, -0.25) is 4.90 Å². The fourth-order valence-electron chi connectivity index (χ4n) is 4.49. The van der Waals surface area contributed by atoms with Gasteiger partial charge in [0.25, 0.3) is 0 Å². The Morgan fingerprint density at radius 1 is 1.15 bits per heavy atom. The molecule has 2 aromatic rings. The summed E-state index contributed by atoms with van der Waals surface area (Å²) < 4.78 is 6.61. The van der Waals surface area contributed by atoms with E-state index in [4.69, 9.17) is 4.43 Å². The van der Waals surface area contributed by atoms with Crippen LogP contribution in [0.5, 0.6) is 5.75 Å². The first-order chi connectivity index (χ1) is 15.0. The van der Waals surface area contributed by atoms with Gasteiger partial charge in [0, 0.05) is 30.7 Å². The second kappa shape index (κ2) is 11.2. The number of carboxylic acid groups (broad SMARTS) is 1. The van der Waals surface area contributed by atoms with E-state index in [0.717, 1.165) is 30.0 Å². The second-order valence-electron chi connectivity index (χ2n) is 10.3. The van der Waals surface area contributed by atoms with Crippen LogP contribution in [-0.2, 0) is 5.41 Å². The van der Waals surface area contributed by atoms with Crippen molar-refractivity contribution in [3.63, 3.8) is 0 Å². The van der Waals surface area contributed by atoms with Crippen LogP contribution >= 0.6 is 0 Å². The molecule has 1 N–H and O–H groups in total. The van der Waals surface area contributed by atoms with Crippen LogP contribution in [0.15, 0.2) is 42.5 Å². The number of carbonyl (C=O) groups is 1. The topological polar surface area (TPSA) is 64.6 Å². The molecule has 3 atom stereocenters. The number of para-hydroxylation sites is 1. The van der Waals surface area contributed by atoms with Crippen LogP contribution in [0.4, 0.5) is 0 Å². The molecule has 3 unspecified atom stereocenters. The smallest absolute Gasteiger partial charge is 0.547 e. The molecule has 33 heavy (non-hydrogen) atoms. The van der Waals surface area contributed by atoms with E-state index >= 15 is 0 Å². The zero-order chi connectivity index (χ0) is 23.6. The van der Waals surface area contributed by atoms with Crippen LogP contribution in [0.2, 0.25) is 13.1 Å². The van der Waals surface area contributed by atoms with E-state index in [1.807, 2.05) is 12.1 Å². The predicted octanol–water partition coefficient (Wildman–Crippen LogP) is 0.485. The van der Waals surface area contributed by atoms with Crippen molar-refractivity contribution >= 4 is 15.0 Å². The Morgan fingerprint density at radius 3 is 2.33 bits per heavy atom. The molecule has 0 radical (unpaired) electrons. The molecule has 0 spiro atoms. The van der Waals surface area contributed by atoms with Crippen molar-refractivity contribution < 1.29 is 33.2 Å². The Balaban J connectivity index is 0.00000385. The van der Waals surface area contributed by atoms with Gasteiger partial charge >= 0.3 is 18.9 Å². The maximum absolute atomic E-state index is 11.3. The summed E-state index contributed by atoms with van der Waals surface area (Å²) in [5.41, 5.74) is 3.57. The summed E-state index contributed by atoms with van der Waals surface area (Å²) in [5.74, 6) is -0.157. The predicted molar refractivity (Wildman–Crippen MR) is 131 cm³/mol. The van der Waals surface area contributed by atoms with Crippen molar-refractivity contribution in [3.8, 4) is 5.75 Å². The third kappa shape index (κ3) is 6.52. The summed E-state index contributed by atoms with van der Waals surface area (Å²) in [4.78, 5) is 13.9. The molecule has 1 saturated heterocycles. The minimum Gasteiger partial charge on any atom is -0.547 e. The van der Waals surface area contributed by atoms with E-state index in [0.29, 0.717) is 12.1 Å². The molecule has 174 valence electrons. The Hall–Kier alpha value is -1.56. The molecule has 1 aliphatic rings. The fourth-order valence-corrected chi connectivity index (χ4v) is 5.22. The fraction of sp³-hybridized carbons (Fsp3) is 0.500. The number of benzene rings is 2. The van der Waals surface area contributed by atoms with Crippen LogP contribution in [0.3, 0.4) is 0 Å². The van der Waals surface area contributed by atoms with Crippen molar-refractivity contribution in [1.82, 2.24) is 10.2 Å². The molecule has 1 heterocycles. The van der Waals surface area contributed by atoms with Gasteiger partial charge in [0.15, 0.2) is 0 Å². The third-order valence-corrected chi connectivity index (χ3v) is 6.82. The number of rotatable bonds is 6. The van der Waals surface area contributed by atoms with E-state index in [9.17, 15) is 9.90 Å². The van der Waals surface area contributed by atoms with Crippen LogP contribution in [0.25, 0.3) is 0 Å². The molecule has 1 aliphatic heterocycles. The summed E-state index contributed by atoms with van der Waals surface area (Å²) in [6.45, 7) is 17.3. The van der Waals surface area contributed by atoms with Crippen LogP contribution in [0, 0.1) is 0 Å². The van der Waals surface area contributed by atoms with Gasteiger partial charge < -0.3 is 19.6 Å². The number of piperazine rings is 1. The largest absolute Gasteiger partial charge is 1.00 e. The number of carboxylic acids is 1. The Morgan fingerprint density at radius 2 is 1.79 bits per heavy atom. The average molecular weight is 461 g/mol. The molecule has 0 aliphatic carbocycles. The molecule has 2 aromatic carbocycles. The normalized spacial score (nSPS) is 20.2. The van der Waals surface area contributed by atoms with Gasteiger partial charge in [0.2, 0.25) is 9.04 Å². The monoisotopic (exact) mass is 460 g/mol. The van der Waals surface area contributed by atoms with E-state index < -0.39 is 15.0 Å². The third-order valence-electron chi connectivity index (χ3n) is 6.11. The van der Waals surface area contributed by atoms with E-state index in [-0.39, 0.29) is 35.9 Å². The maximum atomic E-state index is 11.3. The first-order valence-electron chi connectivity index (χ1n) is 11.6. The summed E-state index contributed by atoms with van der Waals surface area (Å²) >= 11 is 0. The molecular weight excluding hydrogens is 423 g/mol. The molecule has 1 fully saturated rings. The number of nitrogens with zero attached hydrogens (tertiary/aromatic N) is 1. The van der Waals surface area contributed by atoms with Crippen molar-refractivity contribution in [2.24, 2.45) is 0 Å². The summed E-state index contributed by atoms with van der Waals surface area (Å²) in [7, 11) is -1.37. The van der Waals surface area contributed by atoms with Crippen molar-refractivity contribution in [1.29, 1.82) is 0 Å². The van der Waals surface area contributed by atoms with E-state index in [2.05, 4.69) is 76.1 Å². The Labute approximate surface area is 212 Å². The van der Waals surface area contributed by atoms with Crippen molar-refractivity contribution in [2.75, 3.05) is 13.1 Å². The van der Waals surface area contributed by atoms with E-state index in [1.165, 1.54) is 5.56 Å². The zero-order valence-electron chi connectivity index (χ0n) is 21.4. The van der Waals surface area contributed by atoms with Crippen LogP contribution in [-0.4, -0.2) is 45.1 Å². The second-order valence-corrected chi connectivity index (χ2v) is 12.6. The first kappa shape index (κ1) is 27.7. The van der Waals surface area contributed by atoms with Gasteiger partial charge in [0.1, 0.15) is 5.75 Å². The van der Waals surface area contributed by atoms with Gasteiger partial charge in [-0.2, -0.15) is 0 Å². The zero-order valence-corrected chi connectivity index (χ0v) is 22.6. The molecule has 0 amide bonds. The minimum atomic E-state index is -1.37. The van der Waals surface area contributed by atoms with Gasteiger partial charge in [-0.15, -0.1) is 0 Å². The first-order valence-corrected chi connectivity index (χ1v) is 14.4. The Bertz CT molecular complexity index is 944. The van der Waals surface area contributed by atoms with Crippen LogP contribution in [0.1, 0.15) is 67.7 Å². The summed E-state index contributed by atoms with van der Waals surface area (Å²) in [6, 6.07) is 14.3. The Kier molecular flexibility index (Phi) is 9.44. The van der Waals surface area contributed by atoms with Crippen molar-refractivity contribution in [3.05, 3.63) is 64.7 Å². The molecular formula is C26H37LiN2O3Si. The number of aromatic carboxylic acids is 1. The van der Waals surface area contributed by atoms with Gasteiger partial charge in [0.05, 0.1) is 12.0 Å². The quantitative estimate of drug-likeness (QED) is 0.636. The van der Waals surface area contributed by atoms with Crippen molar-refractivity contribution in [2.45, 2.75) is 71.3 Å². The molecule has 3 rings (SSSR count). The SMILES string of the molecule is CC1CN(C(c2ccc(C(=O)[O-])cc2)c2cccc(C(C)(C)C)c2O[SiH](C)C)C(C)CN1.[Li+]. The number of nitrogens with one attached hydrogen (secondary N) is 1. The van der Waals surface area contributed by atoms with Gasteiger partial charge in [-0.1, -0.05) is 63.2 Å². The number of hydrogen-bond acceptors (Lipinski definition) is 5. The molecule has 7 heteroatoms. The average Bonchev–Trinajstić information content (AvgIpc) is 2.71. The minimum absolute atomic E-state index is 0. The molecule has 0 aromatic heterocycles. The van der Waals surface area contributed by atoms with Gasteiger partial charge in [-0.05, 0) is 49.0 Å². The standard InChI is InChI=1S/C26H38N2O3Si.Li/c1-17-16-28(18(2)15-27-17)23(19-11-13-20(14-12-19)25(29)30)21-9-8-10-22(26(3,4)5)24(21)31-32(6)7;/h8-14,17-18,23,27,32H,15-16H2,1-7H3,(H,29,30);/q;+1/p-1. The number of carbonyl (C=O) groups excluding carboxylic acids is 1.